The van der Waals surface area contributed by atoms with Gasteiger partial charge >= 0.3 is 0 Å². The van der Waals surface area contributed by atoms with Crippen molar-refractivity contribution in [1.29, 1.82) is 0 Å². The molecule has 0 amide bonds. The van der Waals surface area contributed by atoms with Crippen LogP contribution < -0.4 is 10.6 Å². The number of nitrogens with zero attached hydrogens (tertiary/aromatic N) is 3. The van der Waals surface area contributed by atoms with E-state index in [1.165, 1.54) is 16.7 Å². The van der Waals surface area contributed by atoms with Gasteiger partial charge in [-0.3, -0.25) is 4.99 Å². The lowest BCUT2D eigenvalue weighted by Gasteiger charge is -2.13. The van der Waals surface area contributed by atoms with E-state index in [-0.39, 0.29) is 0 Å². The molecule has 0 fully saturated rings. The molecule has 0 unspecified atom stereocenters. The average Bonchev–Trinajstić information content (AvgIpc) is 3.11. The molecule has 26 heavy (non-hydrogen) atoms. The second-order valence-corrected chi connectivity index (χ2v) is 6.22. The molecule has 5 nitrogen and oxygen atoms in total. The van der Waals surface area contributed by atoms with E-state index in [1.807, 2.05) is 18.5 Å². The Morgan fingerprint density at radius 2 is 1.69 bits per heavy atom. The molecular formula is C21H25N5. The molecule has 0 atom stereocenters. The van der Waals surface area contributed by atoms with Gasteiger partial charge in [0.1, 0.15) is 5.82 Å². The van der Waals surface area contributed by atoms with Crippen molar-refractivity contribution < 1.29 is 0 Å². The molecule has 0 saturated heterocycles. The molecule has 0 spiro atoms. The van der Waals surface area contributed by atoms with Gasteiger partial charge < -0.3 is 15.2 Å². The summed E-state index contributed by atoms with van der Waals surface area (Å²) in [5.41, 5.74) is 3.75. The maximum absolute atomic E-state index is 4.46. The summed E-state index contributed by atoms with van der Waals surface area (Å²) in [6.45, 7) is 4.26. The molecule has 134 valence electrons. The molecule has 0 aliphatic carbocycles. The monoisotopic (exact) mass is 347 g/mol. The Labute approximate surface area is 154 Å². The summed E-state index contributed by atoms with van der Waals surface area (Å²) in [5.74, 6) is 1.74. The van der Waals surface area contributed by atoms with E-state index in [0.717, 1.165) is 24.9 Å². The van der Waals surface area contributed by atoms with Crippen LogP contribution in [0.5, 0.6) is 0 Å². The van der Waals surface area contributed by atoms with Crippen LogP contribution in [0.2, 0.25) is 0 Å². The van der Waals surface area contributed by atoms with Crippen LogP contribution in [-0.2, 0) is 19.6 Å². The van der Waals surface area contributed by atoms with Crippen LogP contribution >= 0.6 is 0 Å². The number of guanidine groups is 1. The highest BCUT2D eigenvalue weighted by atomic mass is 15.2. The van der Waals surface area contributed by atoms with Crippen molar-refractivity contribution in [3.63, 3.8) is 0 Å². The van der Waals surface area contributed by atoms with Crippen molar-refractivity contribution in [3.05, 3.63) is 89.5 Å². The average molecular weight is 347 g/mol. The third-order valence-corrected chi connectivity index (χ3v) is 4.22. The second-order valence-electron chi connectivity index (χ2n) is 6.22. The van der Waals surface area contributed by atoms with Crippen LogP contribution in [0.3, 0.4) is 0 Å². The van der Waals surface area contributed by atoms with E-state index in [2.05, 4.69) is 80.6 Å². The number of aliphatic imine (C=N–C) groups is 1. The summed E-state index contributed by atoms with van der Waals surface area (Å²) in [6.07, 6.45) is 3.84. The fourth-order valence-corrected chi connectivity index (χ4v) is 2.71. The molecule has 2 aromatic carbocycles. The minimum Gasteiger partial charge on any atom is -0.352 e. The summed E-state index contributed by atoms with van der Waals surface area (Å²) in [7, 11) is 1.78. The summed E-state index contributed by atoms with van der Waals surface area (Å²) in [6, 6.07) is 18.9. The topological polar surface area (TPSA) is 54.2 Å². The largest absolute Gasteiger partial charge is 0.352 e. The molecular weight excluding hydrogens is 322 g/mol. The number of aryl methyl sites for hydroxylation is 1. The smallest absolute Gasteiger partial charge is 0.191 e. The zero-order chi connectivity index (χ0) is 18.2. The van der Waals surface area contributed by atoms with Gasteiger partial charge in [0.15, 0.2) is 5.96 Å². The standard InChI is InChI=1S/C21H25N5/c1-17-8-10-18(11-9-17)14-24-21(22-2)25-15-20-23-12-13-26(20)16-19-6-4-3-5-7-19/h3-13H,14-16H2,1-2H3,(H2,22,24,25). The Kier molecular flexibility index (Phi) is 6.04. The minimum atomic E-state index is 0.618. The molecule has 0 saturated carbocycles. The highest BCUT2D eigenvalue weighted by Crippen LogP contribution is 2.06. The van der Waals surface area contributed by atoms with Gasteiger partial charge in [0.2, 0.25) is 0 Å². The maximum Gasteiger partial charge on any atom is 0.191 e. The van der Waals surface area contributed by atoms with E-state index < -0.39 is 0 Å². The van der Waals surface area contributed by atoms with Gasteiger partial charge in [0, 0.05) is 32.5 Å². The molecule has 0 bridgehead atoms. The zero-order valence-corrected chi connectivity index (χ0v) is 15.3. The lowest BCUT2D eigenvalue weighted by Crippen LogP contribution is -2.37. The molecule has 1 heterocycles. The van der Waals surface area contributed by atoms with Crippen molar-refractivity contribution in [2.24, 2.45) is 4.99 Å². The number of rotatable bonds is 6. The number of imidazole rings is 1. The van der Waals surface area contributed by atoms with Crippen molar-refractivity contribution in [2.75, 3.05) is 7.05 Å². The van der Waals surface area contributed by atoms with Crippen LogP contribution in [0.15, 0.2) is 72.0 Å². The molecule has 3 rings (SSSR count). The highest BCUT2D eigenvalue weighted by Gasteiger charge is 2.05. The van der Waals surface area contributed by atoms with Crippen LogP contribution in [-0.4, -0.2) is 22.6 Å². The van der Waals surface area contributed by atoms with Gasteiger partial charge in [-0.25, -0.2) is 4.98 Å². The van der Waals surface area contributed by atoms with E-state index in [9.17, 15) is 0 Å². The predicted molar refractivity (Wildman–Crippen MR) is 106 cm³/mol. The van der Waals surface area contributed by atoms with Gasteiger partial charge in [-0.15, -0.1) is 0 Å². The van der Waals surface area contributed by atoms with Crippen LogP contribution in [0.4, 0.5) is 0 Å². The van der Waals surface area contributed by atoms with E-state index >= 15 is 0 Å². The number of aromatic nitrogens is 2. The first-order valence-electron chi connectivity index (χ1n) is 8.78. The highest BCUT2D eigenvalue weighted by molar-refractivity contribution is 5.79. The first-order chi connectivity index (χ1) is 12.7. The summed E-state index contributed by atoms with van der Waals surface area (Å²) < 4.78 is 2.15. The summed E-state index contributed by atoms with van der Waals surface area (Å²) in [4.78, 5) is 8.76. The number of hydrogen-bond acceptors (Lipinski definition) is 2. The number of benzene rings is 2. The first-order valence-corrected chi connectivity index (χ1v) is 8.78. The number of nitrogens with one attached hydrogen (secondary N) is 2. The third-order valence-electron chi connectivity index (χ3n) is 4.22. The summed E-state index contributed by atoms with van der Waals surface area (Å²) >= 11 is 0. The van der Waals surface area contributed by atoms with E-state index in [1.54, 1.807) is 7.05 Å². The van der Waals surface area contributed by atoms with Crippen molar-refractivity contribution in [2.45, 2.75) is 26.6 Å². The van der Waals surface area contributed by atoms with Crippen LogP contribution in [0.25, 0.3) is 0 Å². The fourth-order valence-electron chi connectivity index (χ4n) is 2.71. The second kappa shape index (κ2) is 8.85. The molecule has 0 aliphatic rings. The Morgan fingerprint density at radius 3 is 2.42 bits per heavy atom. The SMILES string of the molecule is CN=C(NCc1ccc(C)cc1)NCc1nccn1Cc1ccccc1. The fraction of sp³-hybridized carbons (Fsp3) is 0.238. The van der Waals surface area contributed by atoms with Gasteiger partial charge in [-0.05, 0) is 18.1 Å². The lowest BCUT2D eigenvalue weighted by atomic mass is 10.1. The molecule has 2 N–H and O–H groups in total. The molecule has 3 aromatic rings. The van der Waals surface area contributed by atoms with Crippen molar-refractivity contribution >= 4 is 5.96 Å². The molecule has 0 radical (unpaired) electrons. The normalized spacial score (nSPS) is 11.4. The maximum atomic E-state index is 4.46. The first kappa shape index (κ1) is 17.7. The van der Waals surface area contributed by atoms with Gasteiger partial charge in [-0.2, -0.15) is 0 Å². The molecule has 1 aromatic heterocycles. The van der Waals surface area contributed by atoms with Gasteiger partial charge in [0.25, 0.3) is 0 Å². The Bertz CT molecular complexity index is 834. The quantitative estimate of drug-likeness (QED) is 0.532. The van der Waals surface area contributed by atoms with Crippen LogP contribution in [0.1, 0.15) is 22.5 Å². The minimum absolute atomic E-state index is 0.618. The lowest BCUT2D eigenvalue weighted by molar-refractivity contribution is 0.688. The summed E-state index contributed by atoms with van der Waals surface area (Å²) in [5, 5.41) is 6.67. The predicted octanol–water partition coefficient (Wildman–Crippen LogP) is 3.11. The molecule has 0 aliphatic heterocycles. The van der Waals surface area contributed by atoms with Gasteiger partial charge in [-0.1, -0.05) is 60.2 Å². The van der Waals surface area contributed by atoms with E-state index in [0.29, 0.717) is 6.54 Å². The van der Waals surface area contributed by atoms with Crippen LogP contribution in [0, 0.1) is 6.92 Å². The Hall–Kier alpha value is -3.08. The van der Waals surface area contributed by atoms with Gasteiger partial charge in [0.05, 0.1) is 6.54 Å². The Morgan fingerprint density at radius 1 is 0.962 bits per heavy atom. The Balaban J connectivity index is 1.54. The van der Waals surface area contributed by atoms with Crippen molar-refractivity contribution in [1.82, 2.24) is 20.2 Å². The zero-order valence-electron chi connectivity index (χ0n) is 15.3. The number of hydrogen-bond donors (Lipinski definition) is 2. The molecule has 5 heteroatoms. The van der Waals surface area contributed by atoms with Crippen molar-refractivity contribution in [3.8, 4) is 0 Å². The third kappa shape index (κ3) is 4.96. The van der Waals surface area contributed by atoms with E-state index in [4.69, 9.17) is 0 Å².